The van der Waals surface area contributed by atoms with E-state index in [2.05, 4.69) is 18.7 Å². The molecule has 0 unspecified atom stereocenters. The van der Waals surface area contributed by atoms with Gasteiger partial charge in [-0.3, -0.25) is 0 Å². The lowest BCUT2D eigenvalue weighted by atomic mass is 9.73. The lowest BCUT2D eigenvalue weighted by Gasteiger charge is -2.23. The molecule has 1 heterocycles. The minimum Gasteiger partial charge on any atom is -0.370 e. The zero-order valence-corrected chi connectivity index (χ0v) is 11.5. The van der Waals surface area contributed by atoms with Gasteiger partial charge in [-0.05, 0) is 22.4 Å². The predicted octanol–water partition coefficient (Wildman–Crippen LogP) is 3.75. The standard InChI is InChI=1S/C18H14N2O/c1-2-16-10-21-17(18(16,11-19)12-20)15-8-7-13-5-3-4-6-14(13)9-15/h2-9,16-17H,1,10H2/t16-,17-/m0/s1. The maximum absolute atomic E-state index is 9.56. The van der Waals surface area contributed by atoms with Crippen LogP contribution in [0.15, 0.2) is 55.1 Å². The molecule has 0 amide bonds. The molecule has 0 aliphatic carbocycles. The molecule has 2 atom stereocenters. The van der Waals surface area contributed by atoms with Crippen molar-refractivity contribution in [3.8, 4) is 12.1 Å². The van der Waals surface area contributed by atoms with Crippen LogP contribution in [-0.4, -0.2) is 6.61 Å². The number of nitriles is 2. The molecule has 3 nitrogen and oxygen atoms in total. The van der Waals surface area contributed by atoms with Gasteiger partial charge in [0.2, 0.25) is 0 Å². The zero-order chi connectivity index (χ0) is 14.9. The molecular formula is C18H14N2O. The summed E-state index contributed by atoms with van der Waals surface area (Å²) in [5.74, 6) is -0.274. The number of hydrogen-bond acceptors (Lipinski definition) is 3. The van der Waals surface area contributed by atoms with Crippen molar-refractivity contribution in [3.05, 3.63) is 60.7 Å². The van der Waals surface area contributed by atoms with E-state index in [0.717, 1.165) is 16.3 Å². The second-order valence-electron chi connectivity index (χ2n) is 5.25. The topological polar surface area (TPSA) is 56.8 Å². The van der Waals surface area contributed by atoms with E-state index in [0.29, 0.717) is 6.61 Å². The van der Waals surface area contributed by atoms with Gasteiger partial charge in [-0.2, -0.15) is 10.5 Å². The first-order valence-electron chi connectivity index (χ1n) is 6.80. The lowest BCUT2D eigenvalue weighted by molar-refractivity contribution is 0.0864. The van der Waals surface area contributed by atoms with Crippen molar-refractivity contribution in [2.45, 2.75) is 6.10 Å². The highest BCUT2D eigenvalue weighted by molar-refractivity contribution is 5.83. The molecule has 102 valence electrons. The van der Waals surface area contributed by atoms with Gasteiger partial charge in [0, 0.05) is 5.92 Å². The van der Waals surface area contributed by atoms with Gasteiger partial charge in [-0.25, -0.2) is 0 Å². The first-order chi connectivity index (χ1) is 10.2. The van der Waals surface area contributed by atoms with Gasteiger partial charge in [0.15, 0.2) is 5.41 Å². The van der Waals surface area contributed by atoms with Crippen LogP contribution in [0.25, 0.3) is 10.8 Å². The second kappa shape index (κ2) is 5.05. The van der Waals surface area contributed by atoms with Crippen molar-refractivity contribution in [1.82, 2.24) is 0 Å². The predicted molar refractivity (Wildman–Crippen MR) is 80.0 cm³/mol. The first kappa shape index (κ1) is 13.4. The summed E-state index contributed by atoms with van der Waals surface area (Å²) in [5.41, 5.74) is -0.342. The molecule has 0 aromatic heterocycles. The third kappa shape index (κ3) is 1.91. The fourth-order valence-electron chi connectivity index (χ4n) is 2.95. The normalized spacial score (nSPS) is 23.3. The van der Waals surface area contributed by atoms with Crippen LogP contribution in [0.2, 0.25) is 0 Å². The molecule has 0 N–H and O–H groups in total. The Bertz CT molecular complexity index is 768. The Morgan fingerprint density at radius 1 is 1.14 bits per heavy atom. The van der Waals surface area contributed by atoms with Gasteiger partial charge >= 0.3 is 0 Å². The largest absolute Gasteiger partial charge is 0.370 e. The third-order valence-corrected chi connectivity index (χ3v) is 4.17. The molecule has 21 heavy (non-hydrogen) atoms. The molecule has 0 bridgehead atoms. The summed E-state index contributed by atoms with van der Waals surface area (Å²) in [7, 11) is 0. The fourth-order valence-corrected chi connectivity index (χ4v) is 2.95. The van der Waals surface area contributed by atoms with Gasteiger partial charge in [-0.1, -0.05) is 42.5 Å². The van der Waals surface area contributed by atoms with Crippen molar-refractivity contribution >= 4 is 10.8 Å². The Labute approximate surface area is 123 Å². The van der Waals surface area contributed by atoms with Crippen LogP contribution in [0, 0.1) is 34.0 Å². The summed E-state index contributed by atoms with van der Waals surface area (Å²) in [6.07, 6.45) is 1.10. The van der Waals surface area contributed by atoms with Gasteiger partial charge in [0.05, 0.1) is 18.7 Å². The summed E-state index contributed by atoms with van der Waals surface area (Å²) >= 11 is 0. The first-order valence-corrected chi connectivity index (χ1v) is 6.80. The van der Waals surface area contributed by atoms with Gasteiger partial charge in [0.25, 0.3) is 0 Å². The Kier molecular flexibility index (Phi) is 3.22. The minimum absolute atomic E-state index is 0.274. The minimum atomic E-state index is -1.20. The SMILES string of the molecule is C=C[C@H]1CO[C@@H](c2ccc3ccccc3c2)C1(C#N)C#N. The van der Waals surface area contributed by atoms with Crippen LogP contribution in [0.3, 0.4) is 0 Å². The maximum Gasteiger partial charge on any atom is 0.182 e. The summed E-state index contributed by atoms with van der Waals surface area (Å²) in [6, 6.07) is 18.3. The quantitative estimate of drug-likeness (QED) is 0.784. The van der Waals surface area contributed by atoms with Crippen molar-refractivity contribution in [1.29, 1.82) is 10.5 Å². The van der Waals surface area contributed by atoms with Crippen LogP contribution in [0.4, 0.5) is 0 Å². The summed E-state index contributed by atoms with van der Waals surface area (Å²) < 4.78 is 5.77. The Balaban J connectivity index is 2.12. The number of rotatable bonds is 2. The van der Waals surface area contributed by atoms with Gasteiger partial charge in [0.1, 0.15) is 6.10 Å². The Hall–Kier alpha value is -2.62. The van der Waals surface area contributed by atoms with Gasteiger partial charge in [-0.15, -0.1) is 6.58 Å². The van der Waals surface area contributed by atoms with Crippen molar-refractivity contribution in [2.75, 3.05) is 6.61 Å². The van der Waals surface area contributed by atoms with E-state index in [9.17, 15) is 10.5 Å². The van der Waals surface area contributed by atoms with Crippen molar-refractivity contribution < 1.29 is 4.74 Å². The highest BCUT2D eigenvalue weighted by Crippen LogP contribution is 2.49. The molecular weight excluding hydrogens is 260 g/mol. The molecule has 2 aromatic carbocycles. The number of hydrogen-bond donors (Lipinski definition) is 0. The van der Waals surface area contributed by atoms with E-state index >= 15 is 0 Å². The van der Waals surface area contributed by atoms with Gasteiger partial charge < -0.3 is 4.74 Å². The van der Waals surface area contributed by atoms with E-state index in [1.54, 1.807) is 6.08 Å². The zero-order valence-electron chi connectivity index (χ0n) is 11.5. The number of ether oxygens (including phenoxy) is 1. The maximum atomic E-state index is 9.56. The molecule has 1 aliphatic rings. The molecule has 1 saturated heterocycles. The van der Waals surface area contributed by atoms with E-state index < -0.39 is 11.5 Å². The molecule has 0 saturated carbocycles. The fraction of sp³-hybridized carbons (Fsp3) is 0.222. The highest BCUT2D eigenvalue weighted by Gasteiger charge is 2.52. The summed E-state index contributed by atoms with van der Waals surface area (Å²) in [4.78, 5) is 0. The number of benzene rings is 2. The van der Waals surface area contributed by atoms with E-state index in [-0.39, 0.29) is 5.92 Å². The van der Waals surface area contributed by atoms with E-state index in [1.807, 2.05) is 42.5 Å². The molecule has 0 spiro atoms. The Morgan fingerprint density at radius 3 is 2.52 bits per heavy atom. The van der Waals surface area contributed by atoms with Crippen molar-refractivity contribution in [3.63, 3.8) is 0 Å². The molecule has 1 fully saturated rings. The monoisotopic (exact) mass is 274 g/mol. The third-order valence-electron chi connectivity index (χ3n) is 4.17. The average Bonchev–Trinajstić information content (AvgIpc) is 2.93. The summed E-state index contributed by atoms with van der Waals surface area (Å²) in [5, 5.41) is 21.3. The van der Waals surface area contributed by atoms with Crippen LogP contribution < -0.4 is 0 Å². The summed E-state index contributed by atoms with van der Waals surface area (Å²) in [6.45, 7) is 4.08. The second-order valence-corrected chi connectivity index (χ2v) is 5.25. The number of nitrogens with zero attached hydrogens (tertiary/aromatic N) is 2. The van der Waals surface area contributed by atoms with Crippen LogP contribution in [0.5, 0.6) is 0 Å². The molecule has 1 aliphatic heterocycles. The van der Waals surface area contributed by atoms with Crippen molar-refractivity contribution in [2.24, 2.45) is 11.3 Å². The van der Waals surface area contributed by atoms with E-state index in [1.165, 1.54) is 0 Å². The molecule has 2 aromatic rings. The average molecular weight is 274 g/mol. The molecule has 0 radical (unpaired) electrons. The van der Waals surface area contributed by atoms with Crippen LogP contribution >= 0.6 is 0 Å². The lowest BCUT2D eigenvalue weighted by Crippen LogP contribution is -2.27. The van der Waals surface area contributed by atoms with E-state index in [4.69, 9.17) is 4.74 Å². The number of fused-ring (bicyclic) bond motifs is 1. The van der Waals surface area contributed by atoms with Crippen LogP contribution in [0.1, 0.15) is 11.7 Å². The van der Waals surface area contributed by atoms with Crippen LogP contribution in [-0.2, 0) is 4.74 Å². The highest BCUT2D eigenvalue weighted by atomic mass is 16.5. The molecule has 3 heteroatoms. The molecule has 3 rings (SSSR count). The Morgan fingerprint density at radius 2 is 1.86 bits per heavy atom. The smallest absolute Gasteiger partial charge is 0.182 e.